The zero-order valence-electron chi connectivity index (χ0n) is 8.79. The molecule has 74 valence electrons. The van der Waals surface area contributed by atoms with Crippen LogP contribution < -0.4 is 0 Å². The van der Waals surface area contributed by atoms with Gasteiger partial charge in [-0.3, -0.25) is 10.2 Å². The lowest BCUT2D eigenvalue weighted by molar-refractivity contribution is -0.119. The van der Waals surface area contributed by atoms with Gasteiger partial charge in [0.25, 0.3) is 0 Å². The van der Waals surface area contributed by atoms with Gasteiger partial charge < -0.3 is 0 Å². The third-order valence-electron chi connectivity index (χ3n) is 1.97. The molecule has 1 aromatic rings. The topological polar surface area (TPSA) is 40.9 Å². The molecule has 0 amide bonds. The number of carbonyl (C=O) groups excluding carboxylic acids is 1. The van der Waals surface area contributed by atoms with Crippen LogP contribution in [0.5, 0.6) is 0 Å². The van der Waals surface area contributed by atoms with E-state index in [-0.39, 0.29) is 11.5 Å². The Labute approximate surface area is 84.5 Å². The molecule has 1 aromatic carbocycles. The minimum Gasteiger partial charge on any atom is -0.297 e. The zero-order chi connectivity index (χ0) is 10.8. The fourth-order valence-corrected chi connectivity index (χ4v) is 1.11. The van der Waals surface area contributed by atoms with Crippen LogP contribution in [0.3, 0.4) is 0 Å². The maximum atomic E-state index is 11.7. The Morgan fingerprint density at radius 2 is 1.64 bits per heavy atom. The first-order valence-electron chi connectivity index (χ1n) is 4.61. The van der Waals surface area contributed by atoms with Crippen molar-refractivity contribution in [1.82, 2.24) is 0 Å². The quantitative estimate of drug-likeness (QED) is 0.714. The van der Waals surface area contributed by atoms with Gasteiger partial charge >= 0.3 is 0 Å². The van der Waals surface area contributed by atoms with Gasteiger partial charge in [-0.25, -0.2) is 0 Å². The molecule has 0 saturated heterocycles. The Morgan fingerprint density at radius 1 is 1.14 bits per heavy atom. The molecule has 0 aromatic heterocycles. The summed E-state index contributed by atoms with van der Waals surface area (Å²) in [6, 6.07) is 9.11. The summed E-state index contributed by atoms with van der Waals surface area (Å²) in [7, 11) is 0. The van der Waals surface area contributed by atoms with E-state index < -0.39 is 5.41 Å². The van der Waals surface area contributed by atoms with E-state index in [1.165, 1.54) is 0 Å². The highest BCUT2D eigenvalue weighted by molar-refractivity contribution is 6.46. The summed E-state index contributed by atoms with van der Waals surface area (Å²) in [5, 5.41) is 7.74. The summed E-state index contributed by atoms with van der Waals surface area (Å²) in [5.74, 6) is -0.122. The first kappa shape index (κ1) is 10.6. The molecule has 0 aliphatic rings. The molecule has 2 nitrogen and oxygen atoms in total. The van der Waals surface area contributed by atoms with Crippen LogP contribution in [0.4, 0.5) is 0 Å². The van der Waals surface area contributed by atoms with Crippen molar-refractivity contribution in [2.24, 2.45) is 5.41 Å². The summed E-state index contributed by atoms with van der Waals surface area (Å²) >= 11 is 0. The minimum atomic E-state index is -0.479. The Hall–Kier alpha value is -1.44. The van der Waals surface area contributed by atoms with E-state index in [4.69, 9.17) is 5.41 Å². The maximum absolute atomic E-state index is 11.7. The fraction of sp³-hybridized carbons (Fsp3) is 0.333. The van der Waals surface area contributed by atoms with Gasteiger partial charge in [-0.05, 0) is 0 Å². The van der Waals surface area contributed by atoms with Crippen LogP contribution in [0, 0.1) is 10.8 Å². The van der Waals surface area contributed by atoms with Gasteiger partial charge in [-0.2, -0.15) is 0 Å². The molecule has 1 N–H and O–H groups in total. The van der Waals surface area contributed by atoms with E-state index in [0.717, 1.165) is 0 Å². The number of hydrogen-bond donors (Lipinski definition) is 1. The number of benzene rings is 1. The van der Waals surface area contributed by atoms with E-state index in [9.17, 15) is 4.79 Å². The number of rotatable bonds is 2. The second kappa shape index (κ2) is 3.74. The van der Waals surface area contributed by atoms with Gasteiger partial charge in [0.15, 0.2) is 5.78 Å². The largest absolute Gasteiger partial charge is 0.297 e. The lowest BCUT2D eigenvalue weighted by Crippen LogP contribution is -2.28. The summed E-state index contributed by atoms with van der Waals surface area (Å²) in [4.78, 5) is 11.7. The summed E-state index contributed by atoms with van der Waals surface area (Å²) in [6.07, 6.45) is 0. The predicted octanol–water partition coefficient (Wildman–Crippen LogP) is 2.67. The molecule has 0 spiro atoms. The van der Waals surface area contributed by atoms with Crippen molar-refractivity contribution < 1.29 is 4.79 Å². The number of hydrogen-bond acceptors (Lipinski definition) is 2. The smallest absolute Gasteiger partial charge is 0.186 e. The molecule has 0 radical (unpaired) electrons. The van der Waals surface area contributed by atoms with Crippen molar-refractivity contribution in [3.63, 3.8) is 0 Å². The van der Waals surface area contributed by atoms with Crippen LogP contribution in [0.15, 0.2) is 30.3 Å². The SMILES string of the molecule is CC(C)(C)C(=O)C(=N)c1ccccc1. The van der Waals surface area contributed by atoms with E-state index in [0.29, 0.717) is 5.56 Å². The van der Waals surface area contributed by atoms with Crippen molar-refractivity contribution in [2.45, 2.75) is 20.8 Å². The second-order valence-corrected chi connectivity index (χ2v) is 4.32. The monoisotopic (exact) mass is 189 g/mol. The average Bonchev–Trinajstić information content (AvgIpc) is 2.15. The van der Waals surface area contributed by atoms with E-state index >= 15 is 0 Å². The van der Waals surface area contributed by atoms with Crippen LogP contribution in [0.1, 0.15) is 26.3 Å². The van der Waals surface area contributed by atoms with Crippen LogP contribution in [-0.4, -0.2) is 11.5 Å². The standard InChI is InChI=1S/C12H15NO/c1-12(2,3)11(14)10(13)9-7-5-4-6-8-9/h4-8,13H,1-3H3. The normalized spacial score (nSPS) is 11.1. The first-order valence-corrected chi connectivity index (χ1v) is 4.61. The van der Waals surface area contributed by atoms with Crippen molar-refractivity contribution in [3.05, 3.63) is 35.9 Å². The van der Waals surface area contributed by atoms with Crippen molar-refractivity contribution in [3.8, 4) is 0 Å². The molecular weight excluding hydrogens is 174 g/mol. The van der Waals surface area contributed by atoms with Crippen LogP contribution in [0.2, 0.25) is 0 Å². The zero-order valence-corrected chi connectivity index (χ0v) is 8.79. The van der Waals surface area contributed by atoms with E-state index in [2.05, 4.69) is 0 Å². The molecule has 14 heavy (non-hydrogen) atoms. The Balaban J connectivity index is 2.93. The Bertz CT molecular complexity index is 346. The molecule has 0 fully saturated rings. The van der Waals surface area contributed by atoms with Crippen molar-refractivity contribution in [2.75, 3.05) is 0 Å². The van der Waals surface area contributed by atoms with E-state index in [1.807, 2.05) is 39.0 Å². The van der Waals surface area contributed by atoms with Crippen LogP contribution in [0.25, 0.3) is 0 Å². The highest BCUT2D eigenvalue weighted by Gasteiger charge is 2.25. The van der Waals surface area contributed by atoms with Gasteiger partial charge in [0.2, 0.25) is 0 Å². The first-order chi connectivity index (χ1) is 6.43. The fourth-order valence-electron chi connectivity index (χ4n) is 1.11. The maximum Gasteiger partial charge on any atom is 0.186 e. The minimum absolute atomic E-state index is 0.0955. The molecule has 0 aliphatic carbocycles. The van der Waals surface area contributed by atoms with Gasteiger partial charge in [-0.15, -0.1) is 0 Å². The molecule has 0 heterocycles. The van der Waals surface area contributed by atoms with Crippen LogP contribution in [-0.2, 0) is 4.79 Å². The number of Topliss-reactive ketones (excluding diaryl/α,β-unsaturated/α-hetero) is 1. The van der Waals surface area contributed by atoms with Crippen molar-refractivity contribution in [1.29, 1.82) is 5.41 Å². The highest BCUT2D eigenvalue weighted by atomic mass is 16.1. The van der Waals surface area contributed by atoms with Gasteiger partial charge in [0.05, 0.1) is 0 Å². The lowest BCUT2D eigenvalue weighted by atomic mass is 9.86. The highest BCUT2D eigenvalue weighted by Crippen LogP contribution is 2.17. The third kappa shape index (κ3) is 2.28. The number of ketones is 1. The molecule has 0 atom stereocenters. The summed E-state index contributed by atoms with van der Waals surface area (Å²) in [5.41, 5.74) is 0.304. The summed E-state index contributed by atoms with van der Waals surface area (Å²) in [6.45, 7) is 5.48. The molecular formula is C12H15NO. The van der Waals surface area contributed by atoms with Crippen molar-refractivity contribution >= 4 is 11.5 Å². The second-order valence-electron chi connectivity index (χ2n) is 4.32. The van der Waals surface area contributed by atoms with E-state index in [1.54, 1.807) is 12.1 Å². The summed E-state index contributed by atoms with van der Waals surface area (Å²) < 4.78 is 0. The molecule has 0 saturated carbocycles. The number of carbonyl (C=O) groups is 1. The third-order valence-corrected chi connectivity index (χ3v) is 1.97. The lowest BCUT2D eigenvalue weighted by Gasteiger charge is -2.16. The average molecular weight is 189 g/mol. The Morgan fingerprint density at radius 3 is 2.07 bits per heavy atom. The molecule has 2 heteroatoms. The molecule has 0 bridgehead atoms. The van der Waals surface area contributed by atoms with Gasteiger partial charge in [0, 0.05) is 11.0 Å². The molecule has 1 rings (SSSR count). The van der Waals surface area contributed by atoms with Gasteiger partial charge in [-0.1, -0.05) is 51.1 Å². The van der Waals surface area contributed by atoms with Gasteiger partial charge in [0.1, 0.15) is 5.71 Å². The predicted molar refractivity (Wildman–Crippen MR) is 57.7 cm³/mol. The van der Waals surface area contributed by atoms with Crippen LogP contribution >= 0.6 is 0 Å². The number of nitrogens with one attached hydrogen (secondary N) is 1. The molecule has 0 aliphatic heterocycles. The Kier molecular flexibility index (Phi) is 2.84. The molecule has 0 unspecified atom stereocenters.